The molecule has 1 atom stereocenters. The van der Waals surface area contributed by atoms with Crippen LogP contribution in [0.1, 0.15) is 41.6 Å². The van der Waals surface area contributed by atoms with Crippen molar-refractivity contribution in [3.05, 3.63) is 53.9 Å². The third-order valence-corrected chi connectivity index (χ3v) is 4.64. The Balaban J connectivity index is 1.60. The minimum Gasteiger partial charge on any atom is -0.481 e. The van der Waals surface area contributed by atoms with Crippen molar-refractivity contribution < 1.29 is 14.7 Å². The largest absolute Gasteiger partial charge is 0.481 e. The second-order valence-corrected chi connectivity index (χ2v) is 6.60. The lowest BCUT2D eigenvalue weighted by molar-refractivity contribution is -0.137. The number of hydrogen-bond donors (Lipinski definition) is 1. The molecule has 1 aliphatic heterocycles. The number of rotatable bonds is 6. The molecule has 6 heteroatoms. The molecule has 2 heterocycles. The maximum Gasteiger partial charge on any atom is 0.303 e. The van der Waals surface area contributed by atoms with E-state index in [9.17, 15) is 9.59 Å². The summed E-state index contributed by atoms with van der Waals surface area (Å²) in [5.41, 5.74) is 1.73. The van der Waals surface area contributed by atoms with Gasteiger partial charge in [0.05, 0.1) is 18.3 Å². The van der Waals surface area contributed by atoms with E-state index in [1.165, 1.54) is 0 Å². The number of hydrogen-bond acceptors (Lipinski definition) is 3. The van der Waals surface area contributed by atoms with Gasteiger partial charge in [0, 0.05) is 25.7 Å². The van der Waals surface area contributed by atoms with Crippen molar-refractivity contribution >= 4 is 11.9 Å². The fourth-order valence-corrected chi connectivity index (χ4v) is 3.33. The zero-order chi connectivity index (χ0) is 17.6. The van der Waals surface area contributed by atoms with Crippen molar-refractivity contribution in [1.82, 2.24) is 14.7 Å². The average molecular weight is 341 g/mol. The van der Waals surface area contributed by atoms with E-state index in [0.29, 0.717) is 25.1 Å². The highest BCUT2D eigenvalue weighted by Gasteiger charge is 2.25. The first kappa shape index (κ1) is 17.2. The number of likely N-dealkylation sites (tertiary alicyclic amines) is 1. The Morgan fingerprint density at radius 1 is 1.24 bits per heavy atom. The van der Waals surface area contributed by atoms with E-state index in [1.807, 2.05) is 35.2 Å². The molecule has 0 unspecified atom stereocenters. The lowest BCUT2D eigenvalue weighted by Gasteiger charge is -2.32. The molecule has 3 rings (SSSR count). The number of carbonyl (C=O) groups excluding carboxylic acids is 1. The lowest BCUT2D eigenvalue weighted by Crippen LogP contribution is -2.40. The van der Waals surface area contributed by atoms with E-state index in [1.54, 1.807) is 17.1 Å². The highest BCUT2D eigenvalue weighted by atomic mass is 16.4. The van der Waals surface area contributed by atoms with Crippen molar-refractivity contribution in [2.24, 2.45) is 5.92 Å². The van der Waals surface area contributed by atoms with Crippen molar-refractivity contribution in [3.8, 4) is 0 Å². The highest BCUT2D eigenvalue weighted by Crippen LogP contribution is 2.22. The van der Waals surface area contributed by atoms with Gasteiger partial charge in [-0.3, -0.25) is 14.3 Å². The van der Waals surface area contributed by atoms with Crippen LogP contribution < -0.4 is 0 Å². The standard InChI is InChI=1S/C19H23N3O3/c23-18(24)9-8-16-7-4-10-21(12-16)19(25)17-11-20-22(14-17)13-15-5-2-1-3-6-15/h1-3,5-6,11,14,16H,4,7-10,12-13H2,(H,23,24)/t16-/m0/s1. The van der Waals surface area contributed by atoms with Gasteiger partial charge in [0.15, 0.2) is 0 Å². The van der Waals surface area contributed by atoms with Crippen molar-refractivity contribution in [1.29, 1.82) is 0 Å². The Morgan fingerprint density at radius 2 is 2.04 bits per heavy atom. The first-order chi connectivity index (χ1) is 12.1. The Morgan fingerprint density at radius 3 is 2.80 bits per heavy atom. The fourth-order valence-electron chi connectivity index (χ4n) is 3.33. The zero-order valence-electron chi connectivity index (χ0n) is 14.2. The van der Waals surface area contributed by atoms with Crippen LogP contribution in [-0.2, 0) is 11.3 Å². The molecule has 0 spiro atoms. The lowest BCUT2D eigenvalue weighted by atomic mass is 9.93. The molecular formula is C19H23N3O3. The number of aromatic nitrogens is 2. The van der Waals surface area contributed by atoms with Gasteiger partial charge in [-0.25, -0.2) is 0 Å². The van der Waals surface area contributed by atoms with Crippen LogP contribution in [0, 0.1) is 5.92 Å². The van der Waals surface area contributed by atoms with Gasteiger partial charge in [0.1, 0.15) is 0 Å². The van der Waals surface area contributed by atoms with Crippen molar-refractivity contribution in [3.63, 3.8) is 0 Å². The molecule has 0 bridgehead atoms. The van der Waals surface area contributed by atoms with Gasteiger partial charge in [-0.2, -0.15) is 5.10 Å². The monoisotopic (exact) mass is 341 g/mol. The van der Waals surface area contributed by atoms with Crippen LogP contribution in [-0.4, -0.2) is 44.8 Å². The second-order valence-electron chi connectivity index (χ2n) is 6.60. The van der Waals surface area contributed by atoms with E-state index < -0.39 is 5.97 Å². The normalized spacial score (nSPS) is 17.4. The van der Waals surface area contributed by atoms with Crippen molar-refractivity contribution in [2.45, 2.75) is 32.2 Å². The van der Waals surface area contributed by atoms with Crippen molar-refractivity contribution in [2.75, 3.05) is 13.1 Å². The quantitative estimate of drug-likeness (QED) is 0.876. The van der Waals surface area contributed by atoms with Gasteiger partial charge in [-0.15, -0.1) is 0 Å². The van der Waals surface area contributed by atoms with Crippen LogP contribution in [0.25, 0.3) is 0 Å². The molecule has 1 aliphatic rings. The summed E-state index contributed by atoms with van der Waals surface area (Å²) >= 11 is 0. The Hall–Kier alpha value is -2.63. The number of benzene rings is 1. The highest BCUT2D eigenvalue weighted by molar-refractivity contribution is 5.93. The maximum atomic E-state index is 12.7. The number of amides is 1. The third-order valence-electron chi connectivity index (χ3n) is 4.64. The number of carboxylic acids is 1. The predicted molar refractivity (Wildman–Crippen MR) is 93.3 cm³/mol. The second kappa shape index (κ2) is 7.96. The number of piperidine rings is 1. The summed E-state index contributed by atoms with van der Waals surface area (Å²) in [4.78, 5) is 25.3. The number of carboxylic acid groups (broad SMARTS) is 1. The van der Waals surface area contributed by atoms with Gasteiger partial charge < -0.3 is 10.0 Å². The summed E-state index contributed by atoms with van der Waals surface area (Å²) in [5, 5.41) is 13.1. The van der Waals surface area contributed by atoms with Crippen LogP contribution in [0.4, 0.5) is 0 Å². The maximum absolute atomic E-state index is 12.7. The van der Waals surface area contributed by atoms with E-state index in [2.05, 4.69) is 5.10 Å². The van der Waals surface area contributed by atoms with Crippen LogP contribution in [0.5, 0.6) is 0 Å². The molecule has 1 N–H and O–H groups in total. The predicted octanol–water partition coefficient (Wildman–Crippen LogP) is 2.65. The van der Waals surface area contributed by atoms with Gasteiger partial charge in [-0.05, 0) is 30.7 Å². The fraction of sp³-hybridized carbons (Fsp3) is 0.421. The van der Waals surface area contributed by atoms with Crippen LogP contribution >= 0.6 is 0 Å². The Labute approximate surface area is 147 Å². The molecule has 0 saturated carbocycles. The first-order valence-corrected chi connectivity index (χ1v) is 8.69. The summed E-state index contributed by atoms with van der Waals surface area (Å²) in [7, 11) is 0. The molecule has 0 aliphatic carbocycles. The van der Waals surface area contributed by atoms with Crippen LogP contribution in [0.2, 0.25) is 0 Å². The van der Waals surface area contributed by atoms with E-state index in [-0.39, 0.29) is 18.2 Å². The Bertz CT molecular complexity index is 727. The first-order valence-electron chi connectivity index (χ1n) is 8.69. The van der Waals surface area contributed by atoms with Crippen LogP contribution in [0.3, 0.4) is 0 Å². The average Bonchev–Trinajstić information content (AvgIpc) is 3.09. The minimum atomic E-state index is -0.773. The minimum absolute atomic E-state index is 0.0145. The molecule has 2 aromatic rings. The molecule has 1 amide bonds. The molecule has 1 aromatic heterocycles. The van der Waals surface area contributed by atoms with Gasteiger partial charge in [0.2, 0.25) is 0 Å². The van der Waals surface area contributed by atoms with Gasteiger partial charge >= 0.3 is 5.97 Å². The Kier molecular flexibility index (Phi) is 5.48. The molecule has 1 aromatic carbocycles. The molecule has 1 saturated heterocycles. The van der Waals surface area contributed by atoms with Gasteiger partial charge in [-0.1, -0.05) is 30.3 Å². The molecule has 1 fully saturated rings. The number of nitrogens with zero attached hydrogens (tertiary/aromatic N) is 3. The summed E-state index contributed by atoms with van der Waals surface area (Å²) < 4.78 is 1.77. The number of carbonyl (C=O) groups is 2. The number of aliphatic carboxylic acids is 1. The molecule has 132 valence electrons. The third kappa shape index (κ3) is 4.68. The SMILES string of the molecule is O=C(O)CC[C@@H]1CCCN(C(=O)c2cnn(Cc3ccccc3)c2)C1. The smallest absolute Gasteiger partial charge is 0.303 e. The summed E-state index contributed by atoms with van der Waals surface area (Å²) in [5.74, 6) is -0.516. The molecular weight excluding hydrogens is 318 g/mol. The molecule has 0 radical (unpaired) electrons. The molecule has 25 heavy (non-hydrogen) atoms. The van der Waals surface area contributed by atoms with E-state index >= 15 is 0 Å². The topological polar surface area (TPSA) is 75.4 Å². The summed E-state index contributed by atoms with van der Waals surface area (Å²) in [6.45, 7) is 2.00. The van der Waals surface area contributed by atoms with E-state index in [4.69, 9.17) is 5.11 Å². The zero-order valence-corrected chi connectivity index (χ0v) is 14.2. The van der Waals surface area contributed by atoms with Gasteiger partial charge in [0.25, 0.3) is 5.91 Å². The summed E-state index contributed by atoms with van der Waals surface area (Å²) in [6, 6.07) is 9.99. The molecule has 6 nitrogen and oxygen atoms in total. The summed E-state index contributed by atoms with van der Waals surface area (Å²) in [6.07, 6.45) is 6.12. The van der Waals surface area contributed by atoms with E-state index in [0.717, 1.165) is 24.9 Å². The van der Waals surface area contributed by atoms with Crippen LogP contribution in [0.15, 0.2) is 42.7 Å².